The van der Waals surface area contributed by atoms with Crippen molar-refractivity contribution in [3.8, 4) is 0 Å². The molecule has 0 unspecified atom stereocenters. The van der Waals surface area contributed by atoms with Crippen LogP contribution in [0.3, 0.4) is 0 Å². The number of nitrogens with zero attached hydrogens (tertiary/aromatic N) is 2. The molecule has 8 heteroatoms. The van der Waals surface area contributed by atoms with Crippen LogP contribution in [0.4, 0.5) is 5.82 Å². The fourth-order valence-corrected chi connectivity index (χ4v) is 2.70. The molecule has 2 heterocycles. The van der Waals surface area contributed by atoms with Gasteiger partial charge in [-0.3, -0.25) is 15.0 Å². The van der Waals surface area contributed by atoms with Crippen molar-refractivity contribution in [2.75, 3.05) is 24.5 Å². The first kappa shape index (κ1) is 17.7. The van der Waals surface area contributed by atoms with E-state index in [4.69, 9.17) is 16.2 Å². The minimum absolute atomic E-state index is 0.0000689. The maximum Gasteiger partial charge on any atom is 0.303 e. The fraction of sp³-hybridized carbons (Fsp3) is 0.500. The van der Waals surface area contributed by atoms with Gasteiger partial charge in [-0.2, -0.15) is 0 Å². The van der Waals surface area contributed by atoms with E-state index in [2.05, 4.69) is 15.2 Å². The molecule has 5 N–H and O–H groups in total. The number of nitrogens with one attached hydrogen (secondary N) is 2. The molecule has 0 radical (unpaired) electrons. The van der Waals surface area contributed by atoms with Gasteiger partial charge in [0.25, 0.3) is 0 Å². The van der Waals surface area contributed by atoms with E-state index in [9.17, 15) is 9.59 Å². The number of aliphatic carboxylic acids is 1. The van der Waals surface area contributed by atoms with Crippen molar-refractivity contribution in [3.05, 3.63) is 23.9 Å². The van der Waals surface area contributed by atoms with Crippen molar-refractivity contribution < 1.29 is 14.7 Å². The van der Waals surface area contributed by atoms with Crippen LogP contribution in [0.15, 0.2) is 18.3 Å². The van der Waals surface area contributed by atoms with Crippen LogP contribution in [0.25, 0.3) is 0 Å². The van der Waals surface area contributed by atoms with E-state index in [1.807, 2.05) is 6.07 Å². The number of aromatic nitrogens is 1. The van der Waals surface area contributed by atoms with Crippen LogP contribution >= 0.6 is 0 Å². The summed E-state index contributed by atoms with van der Waals surface area (Å²) in [5.41, 5.74) is 6.00. The van der Waals surface area contributed by atoms with Gasteiger partial charge in [0.05, 0.1) is 0 Å². The number of nitrogens with two attached hydrogens (primary N) is 1. The molecule has 1 amide bonds. The number of amidine groups is 1. The van der Waals surface area contributed by atoms with Gasteiger partial charge in [-0.05, 0) is 31.4 Å². The number of carbonyl (C=O) groups is 2. The lowest BCUT2D eigenvalue weighted by molar-refractivity contribution is -0.137. The summed E-state index contributed by atoms with van der Waals surface area (Å²) in [4.78, 5) is 28.9. The van der Waals surface area contributed by atoms with Gasteiger partial charge >= 0.3 is 5.97 Å². The average molecular weight is 333 g/mol. The van der Waals surface area contributed by atoms with Gasteiger partial charge in [0, 0.05) is 43.7 Å². The number of carbonyl (C=O) groups excluding carboxylic acids is 1. The topological polar surface area (TPSA) is 132 Å². The van der Waals surface area contributed by atoms with Crippen LogP contribution < -0.4 is 16.0 Å². The number of amides is 1. The molecule has 0 atom stereocenters. The third kappa shape index (κ3) is 4.94. The van der Waals surface area contributed by atoms with Gasteiger partial charge < -0.3 is 21.1 Å². The lowest BCUT2D eigenvalue weighted by Crippen LogP contribution is -2.41. The summed E-state index contributed by atoms with van der Waals surface area (Å²) < 4.78 is 0. The molecule has 0 spiro atoms. The summed E-state index contributed by atoms with van der Waals surface area (Å²) in [5.74, 6) is -0.0732. The molecule has 0 aromatic carbocycles. The average Bonchev–Trinajstić information content (AvgIpc) is 2.58. The molecule has 1 aromatic heterocycles. The molecule has 2 rings (SSSR count). The predicted molar refractivity (Wildman–Crippen MR) is 90.1 cm³/mol. The summed E-state index contributed by atoms with van der Waals surface area (Å²) in [6.45, 7) is 1.87. The van der Waals surface area contributed by atoms with Crippen molar-refractivity contribution in [1.29, 1.82) is 5.41 Å². The maximum absolute atomic E-state index is 12.1. The summed E-state index contributed by atoms with van der Waals surface area (Å²) in [5, 5.41) is 18.7. The molecule has 130 valence electrons. The SMILES string of the molecule is N=C(N)c1ccc(N2CCC(C(=O)NCCCC(=O)O)CC2)nc1. The quantitative estimate of drug-likeness (QED) is 0.327. The zero-order valence-electron chi connectivity index (χ0n) is 13.5. The first-order chi connectivity index (χ1) is 11.5. The Morgan fingerprint density at radius 2 is 2.08 bits per heavy atom. The Hall–Kier alpha value is -2.64. The zero-order chi connectivity index (χ0) is 17.5. The number of rotatable bonds is 7. The highest BCUT2D eigenvalue weighted by Gasteiger charge is 2.25. The number of carboxylic acids is 1. The molecule has 1 saturated heterocycles. The molecule has 1 aliphatic rings. The number of anilines is 1. The van der Waals surface area contributed by atoms with Crippen LogP contribution in [-0.4, -0.2) is 47.4 Å². The molecule has 0 aliphatic carbocycles. The van der Waals surface area contributed by atoms with Gasteiger partial charge in [-0.1, -0.05) is 0 Å². The Kier molecular flexibility index (Phi) is 6.11. The zero-order valence-corrected chi connectivity index (χ0v) is 13.5. The number of nitrogen functional groups attached to an aromatic ring is 1. The van der Waals surface area contributed by atoms with E-state index in [-0.39, 0.29) is 24.1 Å². The minimum Gasteiger partial charge on any atom is -0.481 e. The Morgan fingerprint density at radius 1 is 1.38 bits per heavy atom. The van der Waals surface area contributed by atoms with Crippen LogP contribution in [0, 0.1) is 11.3 Å². The van der Waals surface area contributed by atoms with E-state index in [0.29, 0.717) is 18.5 Å². The van der Waals surface area contributed by atoms with Crippen LogP contribution in [0.5, 0.6) is 0 Å². The van der Waals surface area contributed by atoms with Gasteiger partial charge in [0.2, 0.25) is 5.91 Å². The van der Waals surface area contributed by atoms with Crippen LogP contribution in [0.1, 0.15) is 31.2 Å². The highest BCUT2D eigenvalue weighted by atomic mass is 16.4. The first-order valence-corrected chi connectivity index (χ1v) is 8.02. The normalized spacial score (nSPS) is 15.1. The van der Waals surface area contributed by atoms with E-state index in [1.165, 1.54) is 0 Å². The Balaban J connectivity index is 1.77. The Bertz CT molecular complexity index is 594. The summed E-state index contributed by atoms with van der Waals surface area (Å²) in [6.07, 6.45) is 3.58. The van der Waals surface area contributed by atoms with Crippen molar-refractivity contribution in [2.24, 2.45) is 11.7 Å². The number of carboxylic acid groups (broad SMARTS) is 1. The second-order valence-electron chi connectivity index (χ2n) is 5.87. The largest absolute Gasteiger partial charge is 0.481 e. The number of hydrogen-bond acceptors (Lipinski definition) is 5. The molecule has 24 heavy (non-hydrogen) atoms. The van der Waals surface area contributed by atoms with Crippen LogP contribution in [-0.2, 0) is 9.59 Å². The van der Waals surface area contributed by atoms with E-state index < -0.39 is 5.97 Å². The smallest absolute Gasteiger partial charge is 0.303 e. The molecular weight excluding hydrogens is 310 g/mol. The van der Waals surface area contributed by atoms with Crippen molar-refractivity contribution >= 4 is 23.5 Å². The summed E-state index contributed by atoms with van der Waals surface area (Å²) >= 11 is 0. The number of hydrogen-bond donors (Lipinski definition) is 4. The van der Waals surface area contributed by atoms with Gasteiger partial charge in [-0.15, -0.1) is 0 Å². The van der Waals surface area contributed by atoms with Crippen molar-refractivity contribution in [2.45, 2.75) is 25.7 Å². The third-order valence-electron chi connectivity index (χ3n) is 4.12. The standard InChI is InChI=1S/C16H23N5O3/c17-15(18)12-3-4-13(20-10-12)21-8-5-11(6-9-21)16(24)19-7-1-2-14(22)23/h3-4,10-11H,1-2,5-9H2,(H3,17,18)(H,19,24)(H,22,23). The second kappa shape index (κ2) is 8.28. The predicted octanol–water partition coefficient (Wildman–Crippen LogP) is 0.563. The molecule has 8 nitrogen and oxygen atoms in total. The van der Waals surface area contributed by atoms with E-state index >= 15 is 0 Å². The van der Waals surface area contributed by atoms with E-state index in [1.54, 1.807) is 12.3 Å². The lowest BCUT2D eigenvalue weighted by atomic mass is 9.96. The van der Waals surface area contributed by atoms with Gasteiger partial charge in [0.1, 0.15) is 11.7 Å². The van der Waals surface area contributed by atoms with Crippen molar-refractivity contribution in [1.82, 2.24) is 10.3 Å². The molecule has 1 aromatic rings. The highest BCUT2D eigenvalue weighted by molar-refractivity contribution is 5.94. The third-order valence-corrected chi connectivity index (χ3v) is 4.12. The molecule has 0 saturated carbocycles. The minimum atomic E-state index is -0.846. The Labute approximate surface area is 140 Å². The van der Waals surface area contributed by atoms with Gasteiger partial charge in [-0.25, -0.2) is 4.98 Å². The maximum atomic E-state index is 12.1. The molecule has 0 bridgehead atoms. The van der Waals surface area contributed by atoms with E-state index in [0.717, 1.165) is 31.7 Å². The fourth-order valence-electron chi connectivity index (χ4n) is 2.70. The second-order valence-corrected chi connectivity index (χ2v) is 5.87. The summed E-state index contributed by atoms with van der Waals surface area (Å²) in [6, 6.07) is 3.61. The molecule has 1 aliphatic heterocycles. The molecular formula is C16H23N5O3. The summed E-state index contributed by atoms with van der Waals surface area (Å²) in [7, 11) is 0. The number of piperidine rings is 1. The van der Waals surface area contributed by atoms with Crippen molar-refractivity contribution in [3.63, 3.8) is 0 Å². The number of pyridine rings is 1. The van der Waals surface area contributed by atoms with Gasteiger partial charge in [0.15, 0.2) is 0 Å². The molecule has 1 fully saturated rings. The van der Waals surface area contributed by atoms with Crippen LogP contribution in [0.2, 0.25) is 0 Å². The highest BCUT2D eigenvalue weighted by Crippen LogP contribution is 2.22. The monoisotopic (exact) mass is 333 g/mol. The Morgan fingerprint density at radius 3 is 2.62 bits per heavy atom. The lowest BCUT2D eigenvalue weighted by Gasteiger charge is -2.32. The first-order valence-electron chi connectivity index (χ1n) is 8.02.